The van der Waals surface area contributed by atoms with Crippen LogP contribution in [0.2, 0.25) is 0 Å². The monoisotopic (exact) mass is 691 g/mol. The van der Waals surface area contributed by atoms with Gasteiger partial charge in [-0.3, -0.25) is 13.9 Å². The average molecular weight is 693 g/mol. The van der Waals surface area contributed by atoms with Crippen molar-refractivity contribution in [1.29, 1.82) is 0 Å². The van der Waals surface area contributed by atoms with Gasteiger partial charge in [-0.05, 0) is 80.4 Å². The lowest BCUT2D eigenvalue weighted by Gasteiger charge is -2.34. The molecule has 236 valence electrons. The number of nitrogens with one attached hydrogen (secondary N) is 1. The molecule has 10 heteroatoms. The molecule has 0 saturated heterocycles. The van der Waals surface area contributed by atoms with Crippen molar-refractivity contribution in [1.82, 2.24) is 10.2 Å². The van der Waals surface area contributed by atoms with Gasteiger partial charge < -0.3 is 15.0 Å². The molecular weight excluding hydrogens is 654 g/mol. The van der Waals surface area contributed by atoms with Gasteiger partial charge in [0, 0.05) is 24.0 Å². The molecule has 0 radical (unpaired) electrons. The molecule has 8 nitrogen and oxygen atoms in total. The van der Waals surface area contributed by atoms with E-state index in [0.29, 0.717) is 24.6 Å². The predicted octanol–water partition coefficient (Wildman–Crippen LogP) is 6.13. The van der Waals surface area contributed by atoms with Gasteiger partial charge in [0.05, 0.1) is 17.2 Å². The number of hydrogen-bond acceptors (Lipinski definition) is 5. The molecule has 0 aliphatic heterocycles. The minimum atomic E-state index is -4.20. The van der Waals surface area contributed by atoms with E-state index in [1.165, 1.54) is 17.0 Å². The third-order valence-electron chi connectivity index (χ3n) is 7.19. The number of carbonyl (C=O) groups is 2. The van der Waals surface area contributed by atoms with E-state index in [2.05, 4.69) is 21.2 Å². The summed E-state index contributed by atoms with van der Waals surface area (Å²) < 4.78 is 35.8. The Labute approximate surface area is 274 Å². The molecule has 4 rings (SSSR count). The molecular formula is C35H38BrN3O5S. The number of carbonyl (C=O) groups excluding carboxylic acids is 2. The summed E-state index contributed by atoms with van der Waals surface area (Å²) in [6.07, 6.45) is 0.253. The second-order valence-corrected chi connectivity index (χ2v) is 13.3. The molecule has 1 atom stereocenters. The Hall–Kier alpha value is -4.15. The summed E-state index contributed by atoms with van der Waals surface area (Å²) in [5, 5.41) is 2.88. The van der Waals surface area contributed by atoms with Crippen LogP contribution in [0.1, 0.15) is 30.5 Å². The first kappa shape index (κ1) is 33.7. The van der Waals surface area contributed by atoms with E-state index in [1.807, 2.05) is 75.4 Å². The Morgan fingerprint density at radius 3 is 2.16 bits per heavy atom. The molecule has 0 saturated carbocycles. The fourth-order valence-corrected chi connectivity index (χ4v) is 6.78. The van der Waals surface area contributed by atoms with Crippen LogP contribution in [0.5, 0.6) is 5.75 Å². The lowest BCUT2D eigenvalue weighted by molar-refractivity contribution is -0.140. The van der Waals surface area contributed by atoms with Crippen LogP contribution >= 0.6 is 15.9 Å². The summed E-state index contributed by atoms with van der Waals surface area (Å²) in [5.74, 6) is -0.293. The Bertz CT molecular complexity index is 1680. The minimum absolute atomic E-state index is 0.0161. The number of aryl methyl sites for hydroxylation is 1. The Morgan fingerprint density at radius 2 is 1.53 bits per heavy atom. The van der Waals surface area contributed by atoms with E-state index in [-0.39, 0.29) is 23.8 Å². The fourth-order valence-electron chi connectivity index (χ4n) is 4.92. The van der Waals surface area contributed by atoms with Gasteiger partial charge in [0.2, 0.25) is 11.8 Å². The van der Waals surface area contributed by atoms with Crippen molar-refractivity contribution < 1.29 is 22.7 Å². The summed E-state index contributed by atoms with van der Waals surface area (Å²) in [5.41, 5.74) is 2.94. The molecule has 0 spiro atoms. The summed E-state index contributed by atoms with van der Waals surface area (Å²) in [7, 11) is -4.20. The quantitative estimate of drug-likeness (QED) is 0.172. The predicted molar refractivity (Wildman–Crippen MR) is 181 cm³/mol. The number of likely N-dealkylation sites (N-methyl/N-ethyl adjacent to an activating group) is 1. The smallest absolute Gasteiger partial charge is 0.264 e. The van der Waals surface area contributed by atoms with Crippen molar-refractivity contribution in [2.45, 2.75) is 44.7 Å². The SMILES string of the molecule is CCNC(=O)C(Cc1ccccc1)N(Cc1cccc(Br)c1)C(=O)CN(c1ccc(C)cc1)S(=O)(=O)c1ccc(OCC)cc1. The van der Waals surface area contributed by atoms with Gasteiger partial charge in [-0.2, -0.15) is 0 Å². The van der Waals surface area contributed by atoms with Crippen LogP contribution in [-0.4, -0.2) is 50.9 Å². The van der Waals surface area contributed by atoms with Crippen LogP contribution in [0.25, 0.3) is 0 Å². The highest BCUT2D eigenvalue weighted by Crippen LogP contribution is 2.27. The van der Waals surface area contributed by atoms with Crippen LogP contribution in [0.3, 0.4) is 0 Å². The van der Waals surface area contributed by atoms with Crippen molar-refractivity contribution in [3.05, 3.63) is 124 Å². The Kier molecular flexibility index (Phi) is 11.8. The van der Waals surface area contributed by atoms with Gasteiger partial charge in [0.15, 0.2) is 0 Å². The van der Waals surface area contributed by atoms with E-state index >= 15 is 0 Å². The highest BCUT2D eigenvalue weighted by atomic mass is 79.9. The summed E-state index contributed by atoms with van der Waals surface area (Å²) in [6, 6.07) is 29.1. The Morgan fingerprint density at radius 1 is 0.867 bits per heavy atom. The van der Waals surface area contributed by atoms with Crippen LogP contribution in [0, 0.1) is 6.92 Å². The van der Waals surface area contributed by atoms with E-state index in [1.54, 1.807) is 36.4 Å². The van der Waals surface area contributed by atoms with E-state index < -0.39 is 28.5 Å². The van der Waals surface area contributed by atoms with Gasteiger partial charge in [-0.15, -0.1) is 0 Å². The number of nitrogens with zero attached hydrogens (tertiary/aromatic N) is 2. The van der Waals surface area contributed by atoms with Crippen molar-refractivity contribution in [3.8, 4) is 5.75 Å². The van der Waals surface area contributed by atoms with E-state index in [0.717, 1.165) is 25.5 Å². The molecule has 0 aromatic heterocycles. The number of ether oxygens (including phenoxy) is 1. The number of benzene rings is 4. The molecule has 1 N–H and O–H groups in total. The largest absolute Gasteiger partial charge is 0.494 e. The van der Waals surface area contributed by atoms with Crippen LogP contribution in [0.4, 0.5) is 5.69 Å². The zero-order valence-corrected chi connectivity index (χ0v) is 28.1. The second kappa shape index (κ2) is 15.7. The summed E-state index contributed by atoms with van der Waals surface area (Å²) in [6.45, 7) is 5.97. The molecule has 0 aliphatic carbocycles. The van der Waals surface area contributed by atoms with E-state index in [9.17, 15) is 18.0 Å². The van der Waals surface area contributed by atoms with Crippen molar-refractivity contribution >= 4 is 43.5 Å². The topological polar surface area (TPSA) is 96.0 Å². The first-order valence-electron chi connectivity index (χ1n) is 14.8. The maximum absolute atomic E-state index is 14.4. The molecule has 1 unspecified atom stereocenters. The highest BCUT2D eigenvalue weighted by Gasteiger charge is 2.34. The standard InChI is InChI=1S/C35H38BrN3O5S/c1-4-37-35(41)33(23-27-10-7-6-8-11-27)38(24-28-12-9-13-29(36)22-28)34(40)25-39(30-16-14-26(3)15-17-30)45(42,43)32-20-18-31(19-21-32)44-5-2/h6-22,33H,4-5,23-25H2,1-3H3,(H,37,41). The number of anilines is 1. The highest BCUT2D eigenvalue weighted by molar-refractivity contribution is 9.10. The second-order valence-electron chi connectivity index (χ2n) is 10.5. The molecule has 0 fully saturated rings. The van der Waals surface area contributed by atoms with Gasteiger partial charge in [-0.25, -0.2) is 8.42 Å². The van der Waals surface area contributed by atoms with Gasteiger partial charge in [-0.1, -0.05) is 76.1 Å². The zero-order chi connectivity index (χ0) is 32.4. The molecule has 4 aromatic carbocycles. The maximum atomic E-state index is 14.4. The average Bonchev–Trinajstić information content (AvgIpc) is 3.03. The van der Waals surface area contributed by atoms with Crippen molar-refractivity contribution in [2.24, 2.45) is 0 Å². The molecule has 0 bridgehead atoms. The van der Waals surface area contributed by atoms with Crippen LogP contribution in [0.15, 0.2) is 112 Å². The lowest BCUT2D eigenvalue weighted by atomic mass is 10.0. The zero-order valence-electron chi connectivity index (χ0n) is 25.6. The molecule has 0 heterocycles. The number of sulfonamides is 1. The van der Waals surface area contributed by atoms with Crippen molar-refractivity contribution in [2.75, 3.05) is 24.0 Å². The van der Waals surface area contributed by atoms with E-state index in [4.69, 9.17) is 4.74 Å². The molecule has 0 aliphatic rings. The van der Waals surface area contributed by atoms with Gasteiger partial charge in [0.1, 0.15) is 18.3 Å². The summed E-state index contributed by atoms with van der Waals surface area (Å²) in [4.78, 5) is 29.5. The Balaban J connectivity index is 1.78. The van der Waals surface area contributed by atoms with Gasteiger partial charge >= 0.3 is 0 Å². The van der Waals surface area contributed by atoms with Gasteiger partial charge in [0.25, 0.3) is 10.0 Å². The number of halogens is 1. The normalized spacial score (nSPS) is 11.8. The third-order valence-corrected chi connectivity index (χ3v) is 9.47. The number of hydrogen-bond donors (Lipinski definition) is 1. The molecule has 45 heavy (non-hydrogen) atoms. The molecule has 4 aromatic rings. The van der Waals surface area contributed by atoms with Crippen LogP contribution < -0.4 is 14.4 Å². The number of rotatable bonds is 14. The maximum Gasteiger partial charge on any atom is 0.264 e. The fraction of sp³-hybridized carbons (Fsp3) is 0.257. The summed E-state index contributed by atoms with van der Waals surface area (Å²) >= 11 is 3.50. The third kappa shape index (κ3) is 8.95. The first-order valence-corrected chi connectivity index (χ1v) is 17.0. The minimum Gasteiger partial charge on any atom is -0.494 e. The van der Waals surface area contributed by atoms with Crippen LogP contribution in [-0.2, 0) is 32.6 Å². The molecule has 2 amide bonds. The first-order chi connectivity index (χ1) is 21.6. The number of amides is 2. The lowest BCUT2D eigenvalue weighted by Crippen LogP contribution is -2.53. The van der Waals surface area contributed by atoms with Crippen molar-refractivity contribution in [3.63, 3.8) is 0 Å².